The number of carbonyl (C=O) groups is 1. The maximum absolute atomic E-state index is 12.2. The molecular formula is C21H25N3O3. The van der Waals surface area contributed by atoms with Crippen LogP contribution in [0.3, 0.4) is 0 Å². The highest BCUT2D eigenvalue weighted by atomic mass is 16.5. The van der Waals surface area contributed by atoms with E-state index in [0.29, 0.717) is 23.9 Å². The van der Waals surface area contributed by atoms with Crippen molar-refractivity contribution in [1.82, 2.24) is 15.5 Å². The Morgan fingerprint density at radius 3 is 2.56 bits per heavy atom. The molecule has 1 atom stereocenters. The third-order valence-electron chi connectivity index (χ3n) is 4.43. The smallest absolute Gasteiger partial charge is 0.238 e. The number of amides is 1. The van der Waals surface area contributed by atoms with Crippen LogP contribution in [0.4, 0.5) is 0 Å². The number of carbonyl (C=O) groups excluding carboxylic acids is 1. The summed E-state index contributed by atoms with van der Waals surface area (Å²) in [6.07, 6.45) is 2.22. The molecule has 0 aliphatic heterocycles. The van der Waals surface area contributed by atoms with Crippen LogP contribution in [0, 0.1) is 0 Å². The fraction of sp³-hybridized carbons (Fsp3) is 0.381. The lowest BCUT2D eigenvalue weighted by atomic mass is 9.86. The Hall–Kier alpha value is -2.89. The summed E-state index contributed by atoms with van der Waals surface area (Å²) in [6.45, 7) is 8.53. The van der Waals surface area contributed by atoms with Gasteiger partial charge >= 0.3 is 0 Å². The van der Waals surface area contributed by atoms with E-state index in [4.69, 9.17) is 8.94 Å². The van der Waals surface area contributed by atoms with Crippen LogP contribution < -0.4 is 5.32 Å². The van der Waals surface area contributed by atoms with Crippen molar-refractivity contribution in [1.29, 1.82) is 0 Å². The molecular weight excluding hydrogens is 342 g/mol. The molecule has 1 amide bonds. The zero-order valence-electron chi connectivity index (χ0n) is 16.2. The molecule has 6 nitrogen and oxygen atoms in total. The molecule has 0 saturated heterocycles. The first-order valence-electron chi connectivity index (χ1n) is 9.09. The van der Waals surface area contributed by atoms with Crippen LogP contribution in [0.1, 0.15) is 57.2 Å². The molecule has 6 heteroatoms. The standard InChI is InChI=1S/C21H25N3O3/c1-14(15-7-9-16(10-8-15)21(2,3)4)22-18(25)11-12-19-23-20(24-27-19)17-6-5-13-26-17/h5-10,13-14H,11-12H2,1-4H3,(H,22,25). The van der Waals surface area contributed by atoms with Gasteiger partial charge in [-0.15, -0.1) is 0 Å². The topological polar surface area (TPSA) is 81.2 Å². The Bertz CT molecular complexity index is 874. The molecule has 0 radical (unpaired) electrons. The van der Waals surface area contributed by atoms with Gasteiger partial charge in [0, 0.05) is 12.8 Å². The number of hydrogen-bond donors (Lipinski definition) is 1. The van der Waals surface area contributed by atoms with E-state index >= 15 is 0 Å². The molecule has 2 heterocycles. The average molecular weight is 367 g/mol. The molecule has 0 bridgehead atoms. The molecule has 3 rings (SSSR count). The summed E-state index contributed by atoms with van der Waals surface area (Å²) in [5.74, 6) is 1.29. The van der Waals surface area contributed by atoms with Crippen LogP contribution in [-0.4, -0.2) is 16.0 Å². The van der Waals surface area contributed by atoms with Crippen LogP contribution in [0.25, 0.3) is 11.6 Å². The summed E-state index contributed by atoms with van der Waals surface area (Å²) < 4.78 is 10.4. The zero-order chi connectivity index (χ0) is 19.4. The van der Waals surface area contributed by atoms with E-state index in [2.05, 4.69) is 60.5 Å². The van der Waals surface area contributed by atoms with E-state index in [1.807, 2.05) is 6.92 Å². The molecule has 0 fully saturated rings. The molecule has 0 saturated carbocycles. The summed E-state index contributed by atoms with van der Waals surface area (Å²) in [7, 11) is 0. The average Bonchev–Trinajstić information content (AvgIpc) is 3.30. The molecule has 3 aromatic rings. The van der Waals surface area contributed by atoms with Gasteiger partial charge in [-0.2, -0.15) is 4.98 Å². The number of furan rings is 1. The van der Waals surface area contributed by atoms with Crippen molar-refractivity contribution in [2.75, 3.05) is 0 Å². The van der Waals surface area contributed by atoms with Gasteiger partial charge in [-0.05, 0) is 35.6 Å². The molecule has 27 heavy (non-hydrogen) atoms. The van der Waals surface area contributed by atoms with Crippen LogP contribution in [0.5, 0.6) is 0 Å². The molecule has 2 aromatic heterocycles. The Kier molecular flexibility index (Phi) is 5.44. The highest BCUT2D eigenvalue weighted by Crippen LogP contribution is 2.24. The number of aryl methyl sites for hydroxylation is 1. The van der Waals surface area contributed by atoms with E-state index < -0.39 is 0 Å². The summed E-state index contributed by atoms with van der Waals surface area (Å²) in [4.78, 5) is 16.5. The van der Waals surface area contributed by atoms with Crippen molar-refractivity contribution in [2.24, 2.45) is 0 Å². The molecule has 142 valence electrons. The molecule has 1 aromatic carbocycles. The van der Waals surface area contributed by atoms with E-state index in [1.165, 1.54) is 5.56 Å². The minimum absolute atomic E-state index is 0.0554. The van der Waals surface area contributed by atoms with Gasteiger partial charge in [0.25, 0.3) is 0 Å². The van der Waals surface area contributed by atoms with E-state index in [1.54, 1.807) is 18.4 Å². The van der Waals surface area contributed by atoms with Crippen molar-refractivity contribution >= 4 is 5.91 Å². The van der Waals surface area contributed by atoms with Crippen molar-refractivity contribution in [2.45, 2.75) is 52.0 Å². The first-order chi connectivity index (χ1) is 12.8. The first-order valence-corrected chi connectivity index (χ1v) is 9.09. The van der Waals surface area contributed by atoms with Crippen LogP contribution in [0.15, 0.2) is 51.6 Å². The fourth-order valence-electron chi connectivity index (χ4n) is 2.75. The first kappa shape index (κ1) is 18.9. The van der Waals surface area contributed by atoms with Crippen molar-refractivity contribution in [3.63, 3.8) is 0 Å². The second-order valence-corrected chi connectivity index (χ2v) is 7.65. The summed E-state index contributed by atoms with van der Waals surface area (Å²) >= 11 is 0. The van der Waals surface area contributed by atoms with Gasteiger partial charge in [0.05, 0.1) is 12.3 Å². The molecule has 1 N–H and O–H groups in total. The Morgan fingerprint density at radius 2 is 1.93 bits per heavy atom. The predicted molar refractivity (Wildman–Crippen MR) is 102 cm³/mol. The summed E-state index contributed by atoms with van der Waals surface area (Å²) in [6, 6.07) is 11.8. The number of hydrogen-bond acceptors (Lipinski definition) is 5. The lowest BCUT2D eigenvalue weighted by Gasteiger charge is -2.20. The number of rotatable bonds is 6. The van der Waals surface area contributed by atoms with Gasteiger partial charge in [0.2, 0.25) is 17.6 Å². The summed E-state index contributed by atoms with van der Waals surface area (Å²) in [5, 5.41) is 6.87. The minimum Gasteiger partial charge on any atom is -0.461 e. The maximum Gasteiger partial charge on any atom is 0.238 e. The van der Waals surface area contributed by atoms with Gasteiger partial charge in [0.15, 0.2) is 5.76 Å². The molecule has 0 aliphatic carbocycles. The van der Waals surface area contributed by atoms with Crippen molar-refractivity contribution < 1.29 is 13.7 Å². The van der Waals surface area contributed by atoms with E-state index in [0.717, 1.165) is 5.56 Å². The second kappa shape index (κ2) is 7.78. The minimum atomic E-state index is -0.0621. The van der Waals surface area contributed by atoms with Gasteiger partial charge < -0.3 is 14.3 Å². The third kappa shape index (κ3) is 4.84. The predicted octanol–water partition coefficient (Wildman–Crippen LogP) is 4.44. The molecule has 0 spiro atoms. The third-order valence-corrected chi connectivity index (χ3v) is 4.43. The van der Waals surface area contributed by atoms with Crippen LogP contribution >= 0.6 is 0 Å². The quantitative estimate of drug-likeness (QED) is 0.697. The second-order valence-electron chi connectivity index (χ2n) is 7.65. The lowest BCUT2D eigenvalue weighted by Crippen LogP contribution is -2.27. The highest BCUT2D eigenvalue weighted by Gasteiger charge is 2.16. The largest absolute Gasteiger partial charge is 0.461 e. The van der Waals surface area contributed by atoms with Gasteiger partial charge in [-0.25, -0.2) is 0 Å². The Morgan fingerprint density at radius 1 is 1.19 bits per heavy atom. The summed E-state index contributed by atoms with van der Waals surface area (Å²) in [5.41, 5.74) is 2.46. The fourth-order valence-corrected chi connectivity index (χ4v) is 2.75. The van der Waals surface area contributed by atoms with Gasteiger partial charge in [-0.3, -0.25) is 4.79 Å². The normalized spacial score (nSPS) is 12.7. The van der Waals surface area contributed by atoms with E-state index in [9.17, 15) is 4.79 Å². The van der Waals surface area contributed by atoms with Crippen LogP contribution in [-0.2, 0) is 16.6 Å². The Labute approximate surface area is 159 Å². The SMILES string of the molecule is CC(NC(=O)CCc1nc(-c2ccco2)no1)c1ccc(C(C)(C)C)cc1. The number of nitrogens with zero attached hydrogens (tertiary/aromatic N) is 2. The molecule has 1 unspecified atom stereocenters. The number of nitrogens with one attached hydrogen (secondary N) is 1. The van der Waals surface area contributed by atoms with Crippen LogP contribution in [0.2, 0.25) is 0 Å². The number of benzene rings is 1. The molecule has 0 aliphatic rings. The van der Waals surface area contributed by atoms with Gasteiger partial charge in [0.1, 0.15) is 0 Å². The highest BCUT2D eigenvalue weighted by molar-refractivity contribution is 5.76. The van der Waals surface area contributed by atoms with Crippen molar-refractivity contribution in [3.05, 3.63) is 59.7 Å². The Balaban J connectivity index is 1.51. The van der Waals surface area contributed by atoms with Gasteiger partial charge in [-0.1, -0.05) is 50.2 Å². The zero-order valence-corrected chi connectivity index (χ0v) is 16.2. The monoisotopic (exact) mass is 367 g/mol. The van der Waals surface area contributed by atoms with Crippen molar-refractivity contribution in [3.8, 4) is 11.6 Å². The lowest BCUT2D eigenvalue weighted by molar-refractivity contribution is -0.121. The maximum atomic E-state index is 12.2. The number of aromatic nitrogens is 2. The van der Waals surface area contributed by atoms with E-state index in [-0.39, 0.29) is 23.8 Å².